The van der Waals surface area contributed by atoms with Crippen LogP contribution >= 0.6 is 15.9 Å². The fourth-order valence-electron chi connectivity index (χ4n) is 3.92. The summed E-state index contributed by atoms with van der Waals surface area (Å²) in [7, 11) is 0. The Hall–Kier alpha value is -2.14. The van der Waals surface area contributed by atoms with E-state index in [1.54, 1.807) is 17.0 Å². The first-order valence-electron chi connectivity index (χ1n) is 9.04. The fraction of sp³-hybridized carbons (Fsp3) is 0.333. The van der Waals surface area contributed by atoms with Crippen molar-refractivity contribution >= 4 is 33.4 Å². The molecule has 0 N–H and O–H groups in total. The van der Waals surface area contributed by atoms with Crippen molar-refractivity contribution in [2.45, 2.75) is 32.2 Å². The normalized spacial score (nSPS) is 19.6. The van der Waals surface area contributed by atoms with E-state index in [0.29, 0.717) is 18.7 Å². The lowest BCUT2D eigenvalue weighted by molar-refractivity contribution is -0.124. The van der Waals surface area contributed by atoms with E-state index in [1.807, 2.05) is 30.0 Å². The Morgan fingerprint density at radius 2 is 1.88 bits per heavy atom. The van der Waals surface area contributed by atoms with Crippen LogP contribution in [-0.2, 0) is 17.6 Å². The molecule has 0 spiro atoms. The number of anilines is 1. The molecule has 134 valence electrons. The maximum Gasteiger partial charge on any atom is 0.254 e. The van der Waals surface area contributed by atoms with Crippen molar-refractivity contribution < 1.29 is 9.59 Å². The van der Waals surface area contributed by atoms with Crippen molar-refractivity contribution in [3.63, 3.8) is 0 Å². The summed E-state index contributed by atoms with van der Waals surface area (Å²) >= 11 is 3.40. The van der Waals surface area contributed by atoms with Crippen LogP contribution in [0.4, 0.5) is 5.69 Å². The Morgan fingerprint density at radius 1 is 1.08 bits per heavy atom. The van der Waals surface area contributed by atoms with Gasteiger partial charge in [-0.05, 0) is 67.6 Å². The molecular formula is C21H21BrN2O2. The summed E-state index contributed by atoms with van der Waals surface area (Å²) in [5.41, 5.74) is 4.32. The molecule has 4 nitrogen and oxygen atoms in total. The van der Waals surface area contributed by atoms with Crippen molar-refractivity contribution in [1.29, 1.82) is 0 Å². The van der Waals surface area contributed by atoms with Gasteiger partial charge in [0.15, 0.2) is 0 Å². The van der Waals surface area contributed by atoms with Gasteiger partial charge in [-0.3, -0.25) is 9.59 Å². The van der Waals surface area contributed by atoms with E-state index in [9.17, 15) is 9.59 Å². The highest BCUT2D eigenvalue weighted by Crippen LogP contribution is 2.29. The van der Waals surface area contributed by atoms with Gasteiger partial charge in [0.1, 0.15) is 6.04 Å². The average Bonchev–Trinajstić information content (AvgIpc) is 3.11. The molecule has 0 bridgehead atoms. The molecule has 2 amide bonds. The molecular weight excluding hydrogens is 392 g/mol. The van der Waals surface area contributed by atoms with E-state index in [2.05, 4.69) is 28.1 Å². The minimum atomic E-state index is -0.469. The Labute approximate surface area is 161 Å². The van der Waals surface area contributed by atoms with E-state index in [0.717, 1.165) is 23.0 Å². The van der Waals surface area contributed by atoms with E-state index in [1.165, 1.54) is 17.5 Å². The number of carbonyl (C=O) groups is 2. The quantitative estimate of drug-likeness (QED) is 0.751. The highest BCUT2D eigenvalue weighted by Gasteiger charge is 2.35. The van der Waals surface area contributed by atoms with Crippen molar-refractivity contribution in [2.75, 3.05) is 18.0 Å². The molecule has 1 fully saturated rings. The average molecular weight is 413 g/mol. The Kier molecular flexibility index (Phi) is 4.57. The van der Waals surface area contributed by atoms with Crippen LogP contribution in [0.1, 0.15) is 34.8 Å². The molecule has 0 unspecified atom stereocenters. The fourth-order valence-corrected chi connectivity index (χ4v) is 4.32. The lowest BCUT2D eigenvalue weighted by Gasteiger charge is -2.39. The van der Waals surface area contributed by atoms with Gasteiger partial charge >= 0.3 is 0 Å². The van der Waals surface area contributed by atoms with Crippen LogP contribution in [-0.4, -0.2) is 35.8 Å². The first kappa shape index (κ1) is 17.3. The monoisotopic (exact) mass is 412 g/mol. The van der Waals surface area contributed by atoms with Crippen molar-refractivity contribution in [2.24, 2.45) is 0 Å². The van der Waals surface area contributed by atoms with Crippen LogP contribution in [0.2, 0.25) is 0 Å². The van der Waals surface area contributed by atoms with Crippen molar-refractivity contribution in [3.8, 4) is 0 Å². The van der Waals surface area contributed by atoms with Gasteiger partial charge in [0, 0.05) is 28.8 Å². The molecule has 1 aliphatic heterocycles. The summed E-state index contributed by atoms with van der Waals surface area (Å²) in [6, 6.07) is 13.2. The number of fused-ring (bicyclic) bond motifs is 1. The lowest BCUT2D eigenvalue weighted by atomic mass is 10.1. The zero-order valence-electron chi connectivity index (χ0n) is 14.7. The number of piperazine rings is 1. The molecule has 0 aromatic heterocycles. The van der Waals surface area contributed by atoms with E-state index in [-0.39, 0.29) is 11.8 Å². The zero-order chi connectivity index (χ0) is 18.3. The molecule has 2 aliphatic rings. The highest BCUT2D eigenvalue weighted by molar-refractivity contribution is 9.10. The first-order chi connectivity index (χ1) is 12.5. The van der Waals surface area contributed by atoms with Crippen LogP contribution in [0, 0.1) is 0 Å². The van der Waals surface area contributed by atoms with Crippen molar-refractivity contribution in [3.05, 3.63) is 63.6 Å². The van der Waals surface area contributed by atoms with E-state index >= 15 is 0 Å². The van der Waals surface area contributed by atoms with Crippen LogP contribution < -0.4 is 4.90 Å². The zero-order valence-corrected chi connectivity index (χ0v) is 16.3. The van der Waals surface area contributed by atoms with E-state index < -0.39 is 6.04 Å². The summed E-state index contributed by atoms with van der Waals surface area (Å²) in [6.45, 7) is 2.88. The molecule has 5 heteroatoms. The van der Waals surface area contributed by atoms with Gasteiger partial charge in [-0.2, -0.15) is 0 Å². The van der Waals surface area contributed by atoms with Gasteiger partial charge in [-0.25, -0.2) is 0 Å². The number of hydrogen-bond donors (Lipinski definition) is 0. The van der Waals surface area contributed by atoms with Gasteiger partial charge < -0.3 is 9.80 Å². The third-order valence-electron chi connectivity index (χ3n) is 5.38. The van der Waals surface area contributed by atoms with Gasteiger partial charge in [0.2, 0.25) is 5.91 Å². The van der Waals surface area contributed by atoms with Crippen LogP contribution in [0.5, 0.6) is 0 Å². The topological polar surface area (TPSA) is 40.6 Å². The molecule has 0 radical (unpaired) electrons. The molecule has 1 atom stereocenters. The third kappa shape index (κ3) is 3.05. The third-order valence-corrected chi connectivity index (χ3v) is 5.87. The molecule has 4 rings (SSSR count). The number of rotatable bonds is 2. The number of benzene rings is 2. The van der Waals surface area contributed by atoms with Crippen molar-refractivity contribution in [1.82, 2.24) is 4.90 Å². The molecule has 0 saturated carbocycles. The lowest BCUT2D eigenvalue weighted by Crippen LogP contribution is -2.57. The number of nitrogens with zero attached hydrogens (tertiary/aromatic N) is 2. The number of aryl methyl sites for hydroxylation is 2. The smallest absolute Gasteiger partial charge is 0.254 e. The van der Waals surface area contributed by atoms with Crippen LogP contribution in [0.25, 0.3) is 0 Å². The van der Waals surface area contributed by atoms with Gasteiger partial charge in [0.25, 0.3) is 5.91 Å². The summed E-state index contributed by atoms with van der Waals surface area (Å²) in [5, 5.41) is 0. The number of amides is 2. The number of carbonyl (C=O) groups excluding carboxylic acids is 2. The second-order valence-corrected chi connectivity index (χ2v) is 7.90. The predicted octanol–water partition coefficient (Wildman–Crippen LogP) is 3.82. The highest BCUT2D eigenvalue weighted by atomic mass is 79.9. The van der Waals surface area contributed by atoms with Gasteiger partial charge in [0.05, 0.1) is 0 Å². The summed E-state index contributed by atoms with van der Waals surface area (Å²) in [4.78, 5) is 29.3. The standard InChI is InChI=1S/C21H21BrN2O2/c1-14-20(25)24(19-9-8-15-4-2-5-16(15)13-19)11-10-23(14)21(26)17-6-3-7-18(22)12-17/h3,6-9,12-14H,2,4-5,10-11H2,1H3/t14-/m1/s1. The maximum atomic E-state index is 13.0. The summed E-state index contributed by atoms with van der Waals surface area (Å²) < 4.78 is 0.860. The van der Waals surface area contributed by atoms with Gasteiger partial charge in [-0.15, -0.1) is 0 Å². The summed E-state index contributed by atoms with van der Waals surface area (Å²) in [6.07, 6.45) is 3.42. The Morgan fingerprint density at radius 3 is 2.69 bits per heavy atom. The van der Waals surface area contributed by atoms with E-state index in [4.69, 9.17) is 0 Å². The largest absolute Gasteiger partial charge is 0.325 e. The minimum absolute atomic E-state index is 0.0162. The van der Waals surface area contributed by atoms with Gasteiger partial charge in [-0.1, -0.05) is 28.1 Å². The second kappa shape index (κ2) is 6.88. The number of hydrogen-bond acceptors (Lipinski definition) is 2. The Bertz CT molecular complexity index is 880. The Balaban J connectivity index is 1.54. The SMILES string of the molecule is C[C@@H]1C(=O)N(c2ccc3c(c2)CCC3)CCN1C(=O)c1cccc(Br)c1. The molecule has 26 heavy (non-hydrogen) atoms. The first-order valence-corrected chi connectivity index (χ1v) is 9.83. The second-order valence-electron chi connectivity index (χ2n) is 6.98. The van der Waals surface area contributed by atoms with Crippen LogP contribution in [0.3, 0.4) is 0 Å². The predicted molar refractivity (Wildman–Crippen MR) is 105 cm³/mol. The number of halogens is 1. The minimum Gasteiger partial charge on any atom is -0.325 e. The molecule has 1 aliphatic carbocycles. The molecule has 1 heterocycles. The molecule has 2 aromatic rings. The van der Waals surface area contributed by atoms with Crippen LogP contribution in [0.15, 0.2) is 46.9 Å². The summed E-state index contributed by atoms with van der Waals surface area (Å²) in [5.74, 6) is -0.113. The maximum absolute atomic E-state index is 13.0. The molecule has 2 aromatic carbocycles. The molecule has 1 saturated heterocycles.